The molecule has 0 radical (unpaired) electrons. The zero-order chi connectivity index (χ0) is 20.6. The van der Waals surface area contributed by atoms with Crippen molar-refractivity contribution in [1.29, 1.82) is 0 Å². The maximum Gasteiger partial charge on any atom is 0.282 e. The number of quaternary nitrogens is 2. The molecule has 29 heavy (non-hydrogen) atoms. The van der Waals surface area contributed by atoms with Crippen molar-refractivity contribution >= 4 is 11.8 Å². The number of nitrogens with one attached hydrogen (secondary N) is 2. The van der Waals surface area contributed by atoms with Crippen LogP contribution in [0.3, 0.4) is 0 Å². The predicted molar refractivity (Wildman–Crippen MR) is 112 cm³/mol. The number of methoxy groups -OCH3 is 2. The molecule has 2 N–H and O–H groups in total. The van der Waals surface area contributed by atoms with Gasteiger partial charge in [0.05, 0.1) is 37.3 Å². The lowest BCUT2D eigenvalue weighted by Crippen LogP contribution is -3.27. The molecule has 3 rings (SSSR count). The van der Waals surface area contributed by atoms with Gasteiger partial charge in [-0.25, -0.2) is 0 Å². The molecule has 0 atom stereocenters. The van der Waals surface area contributed by atoms with Gasteiger partial charge < -0.3 is 19.3 Å². The van der Waals surface area contributed by atoms with Crippen LogP contribution in [0.25, 0.3) is 6.08 Å². The van der Waals surface area contributed by atoms with E-state index in [2.05, 4.69) is 24.3 Å². The fourth-order valence-electron chi connectivity index (χ4n) is 3.76. The lowest BCUT2D eigenvalue weighted by Gasteiger charge is -2.29. The first-order valence-corrected chi connectivity index (χ1v) is 9.88. The Morgan fingerprint density at radius 1 is 1.00 bits per heavy atom. The molecule has 0 aliphatic carbocycles. The highest BCUT2D eigenvalue weighted by molar-refractivity contribution is 5.54. The smallest absolute Gasteiger partial charge is 0.282 e. The average Bonchev–Trinajstić information content (AvgIpc) is 2.75. The molecule has 1 aliphatic heterocycles. The molecule has 0 spiro atoms. The van der Waals surface area contributed by atoms with E-state index in [9.17, 15) is 10.1 Å². The van der Waals surface area contributed by atoms with Gasteiger partial charge in [-0.1, -0.05) is 36.4 Å². The zero-order valence-electron chi connectivity index (χ0n) is 17.0. The van der Waals surface area contributed by atoms with Crippen LogP contribution in [0.1, 0.15) is 11.1 Å². The van der Waals surface area contributed by atoms with E-state index < -0.39 is 0 Å². The van der Waals surface area contributed by atoms with Crippen LogP contribution >= 0.6 is 0 Å². The van der Waals surface area contributed by atoms with Gasteiger partial charge in [0.25, 0.3) is 5.69 Å². The van der Waals surface area contributed by atoms with Crippen LogP contribution in [0.15, 0.2) is 48.5 Å². The van der Waals surface area contributed by atoms with Crippen molar-refractivity contribution in [2.75, 3.05) is 46.9 Å². The van der Waals surface area contributed by atoms with Crippen molar-refractivity contribution in [3.8, 4) is 11.5 Å². The topological polar surface area (TPSA) is 70.5 Å². The summed E-state index contributed by atoms with van der Waals surface area (Å²) in [4.78, 5) is 14.1. The van der Waals surface area contributed by atoms with Crippen LogP contribution in [-0.4, -0.2) is 51.9 Å². The SMILES string of the molecule is COc1cc(C[NH+]2CC[NH+](C/C=C/c3ccccc3)CC2)c([N+](=O)[O-])cc1OC. The van der Waals surface area contributed by atoms with E-state index in [1.807, 2.05) is 18.2 Å². The Bertz CT molecular complexity index is 847. The summed E-state index contributed by atoms with van der Waals surface area (Å²) in [6.45, 7) is 5.69. The summed E-state index contributed by atoms with van der Waals surface area (Å²) in [7, 11) is 3.03. The lowest BCUT2D eigenvalue weighted by molar-refractivity contribution is -1.02. The van der Waals surface area contributed by atoms with Gasteiger partial charge >= 0.3 is 0 Å². The monoisotopic (exact) mass is 399 g/mol. The van der Waals surface area contributed by atoms with Gasteiger partial charge in [-0.3, -0.25) is 10.1 Å². The second kappa shape index (κ2) is 10.0. The fourth-order valence-corrected chi connectivity index (χ4v) is 3.76. The largest absolute Gasteiger partial charge is 0.493 e. The molecule has 0 bridgehead atoms. The summed E-state index contributed by atoms with van der Waals surface area (Å²) in [6, 6.07) is 13.5. The Kier molecular flexibility index (Phi) is 7.21. The van der Waals surface area contributed by atoms with Crippen molar-refractivity contribution in [3.63, 3.8) is 0 Å². The zero-order valence-corrected chi connectivity index (χ0v) is 17.0. The minimum atomic E-state index is -0.341. The minimum Gasteiger partial charge on any atom is -0.493 e. The van der Waals surface area contributed by atoms with Gasteiger partial charge in [0.1, 0.15) is 32.7 Å². The van der Waals surface area contributed by atoms with Crippen molar-refractivity contribution in [3.05, 3.63) is 69.8 Å². The van der Waals surface area contributed by atoms with Gasteiger partial charge in [0, 0.05) is 0 Å². The van der Waals surface area contributed by atoms with Crippen LogP contribution in [0.4, 0.5) is 5.69 Å². The summed E-state index contributed by atoms with van der Waals surface area (Å²) in [6.07, 6.45) is 4.40. The van der Waals surface area contributed by atoms with Gasteiger partial charge in [-0.15, -0.1) is 0 Å². The Balaban J connectivity index is 1.57. The number of hydrogen-bond acceptors (Lipinski definition) is 4. The van der Waals surface area contributed by atoms with Crippen molar-refractivity contribution in [2.24, 2.45) is 0 Å². The summed E-state index contributed by atoms with van der Waals surface area (Å²) in [5.41, 5.74) is 2.00. The molecule has 0 unspecified atom stereocenters. The molecule has 2 aromatic carbocycles. The Morgan fingerprint density at radius 3 is 2.24 bits per heavy atom. The quantitative estimate of drug-likeness (QED) is 0.504. The third-order valence-electron chi connectivity index (χ3n) is 5.40. The van der Waals surface area contributed by atoms with Crippen LogP contribution in [0, 0.1) is 10.1 Å². The fraction of sp³-hybridized carbons (Fsp3) is 0.364. The molecule has 1 heterocycles. The summed E-state index contributed by atoms with van der Waals surface area (Å²) < 4.78 is 10.5. The van der Waals surface area contributed by atoms with Gasteiger partial charge in [-0.05, 0) is 17.7 Å². The second-order valence-corrected chi connectivity index (χ2v) is 7.29. The first kappa shape index (κ1) is 20.8. The summed E-state index contributed by atoms with van der Waals surface area (Å²) in [5, 5.41) is 11.5. The van der Waals surface area contributed by atoms with E-state index in [1.165, 1.54) is 23.6 Å². The first-order valence-electron chi connectivity index (χ1n) is 9.88. The van der Waals surface area contributed by atoms with E-state index in [4.69, 9.17) is 9.47 Å². The molecule has 1 fully saturated rings. The Hall–Kier alpha value is -2.90. The lowest BCUT2D eigenvalue weighted by atomic mass is 10.1. The first-order chi connectivity index (χ1) is 14.1. The highest BCUT2D eigenvalue weighted by atomic mass is 16.6. The van der Waals surface area contributed by atoms with E-state index in [0.29, 0.717) is 23.6 Å². The number of ether oxygens (including phenoxy) is 2. The van der Waals surface area contributed by atoms with Gasteiger partial charge in [0.15, 0.2) is 11.5 Å². The van der Waals surface area contributed by atoms with Crippen LogP contribution in [-0.2, 0) is 6.54 Å². The Morgan fingerprint density at radius 2 is 1.62 bits per heavy atom. The van der Waals surface area contributed by atoms with E-state index in [1.54, 1.807) is 18.1 Å². The number of hydrogen-bond donors (Lipinski definition) is 2. The third kappa shape index (κ3) is 5.56. The molecular formula is C22H29N3O4+2. The molecule has 1 aliphatic rings. The van der Waals surface area contributed by atoms with Crippen LogP contribution in [0.5, 0.6) is 11.5 Å². The molecule has 0 aromatic heterocycles. The van der Waals surface area contributed by atoms with Crippen LogP contribution in [0.2, 0.25) is 0 Å². The van der Waals surface area contributed by atoms with Gasteiger partial charge in [-0.2, -0.15) is 0 Å². The average molecular weight is 399 g/mol. The van der Waals surface area contributed by atoms with Crippen molar-refractivity contribution in [2.45, 2.75) is 6.54 Å². The highest BCUT2D eigenvalue weighted by Gasteiger charge is 2.27. The molecule has 2 aromatic rings. The number of benzene rings is 2. The van der Waals surface area contributed by atoms with Crippen molar-refractivity contribution < 1.29 is 24.2 Å². The molecular weight excluding hydrogens is 370 g/mol. The number of rotatable bonds is 8. The number of piperazine rings is 1. The molecule has 0 saturated carbocycles. The molecule has 1 saturated heterocycles. The summed E-state index contributed by atoms with van der Waals surface area (Å²) in [5.74, 6) is 0.917. The Labute approximate surface area is 171 Å². The predicted octanol–water partition coefficient (Wildman–Crippen LogP) is 0.609. The molecule has 7 heteroatoms. The number of nitro benzene ring substituents is 1. The standard InChI is InChI=1S/C22H27N3O4/c1-28-21-15-19(20(25(26)27)16-22(21)29-2)17-24-13-11-23(12-14-24)10-6-9-18-7-4-3-5-8-18/h3-9,15-16H,10-14,17H2,1-2H3/p+2/b9-6+. The second-order valence-electron chi connectivity index (χ2n) is 7.29. The van der Waals surface area contributed by atoms with Crippen LogP contribution < -0.4 is 19.3 Å². The number of nitro groups is 1. The van der Waals surface area contributed by atoms with E-state index in [-0.39, 0.29) is 10.6 Å². The summed E-state index contributed by atoms with van der Waals surface area (Å²) >= 11 is 0. The van der Waals surface area contributed by atoms with E-state index >= 15 is 0 Å². The van der Waals surface area contributed by atoms with Crippen molar-refractivity contribution in [1.82, 2.24) is 0 Å². The normalized spacial score (nSPS) is 19.2. The third-order valence-corrected chi connectivity index (χ3v) is 5.40. The highest BCUT2D eigenvalue weighted by Crippen LogP contribution is 2.34. The molecule has 7 nitrogen and oxygen atoms in total. The molecule has 0 amide bonds. The minimum absolute atomic E-state index is 0.0933. The maximum absolute atomic E-state index is 11.5. The number of nitrogens with zero attached hydrogens (tertiary/aromatic N) is 1. The maximum atomic E-state index is 11.5. The van der Waals surface area contributed by atoms with Gasteiger partial charge in [0.2, 0.25) is 0 Å². The van der Waals surface area contributed by atoms with E-state index in [0.717, 1.165) is 32.7 Å². The molecule has 154 valence electrons.